The number of hydrogen-bond donors (Lipinski definition) is 1. The van der Waals surface area contributed by atoms with Crippen molar-refractivity contribution in [1.82, 2.24) is 10.3 Å². The molecular formula is C17H23ClN2S. The minimum Gasteiger partial charge on any atom is -0.309 e. The zero-order valence-electron chi connectivity index (χ0n) is 13.1. The lowest BCUT2D eigenvalue weighted by Gasteiger charge is -2.14. The van der Waals surface area contributed by atoms with Gasteiger partial charge in [0, 0.05) is 34.1 Å². The molecule has 0 saturated carbocycles. The zero-order valence-corrected chi connectivity index (χ0v) is 14.7. The number of halogens is 1. The fourth-order valence-electron chi connectivity index (χ4n) is 2.06. The van der Waals surface area contributed by atoms with Crippen molar-refractivity contribution in [2.75, 3.05) is 0 Å². The van der Waals surface area contributed by atoms with E-state index >= 15 is 0 Å². The minimum absolute atomic E-state index is 0.137. The van der Waals surface area contributed by atoms with Crippen LogP contribution in [0.25, 0.3) is 0 Å². The first-order valence-electron chi connectivity index (χ1n) is 7.27. The number of nitrogens with one attached hydrogen (secondary N) is 1. The van der Waals surface area contributed by atoms with Crippen LogP contribution in [0.5, 0.6) is 0 Å². The number of nitrogens with zero attached hydrogens (tertiary/aromatic N) is 1. The molecule has 0 spiro atoms. The lowest BCUT2D eigenvalue weighted by atomic mass is 9.98. The van der Waals surface area contributed by atoms with Gasteiger partial charge in [-0.25, -0.2) is 4.98 Å². The fourth-order valence-corrected chi connectivity index (χ4v) is 3.10. The largest absolute Gasteiger partial charge is 0.309 e. The van der Waals surface area contributed by atoms with Gasteiger partial charge in [-0.15, -0.1) is 11.3 Å². The van der Waals surface area contributed by atoms with Gasteiger partial charge in [-0.2, -0.15) is 0 Å². The van der Waals surface area contributed by atoms with Crippen molar-refractivity contribution in [2.24, 2.45) is 0 Å². The average Bonchev–Trinajstić information content (AvgIpc) is 2.88. The summed E-state index contributed by atoms with van der Waals surface area (Å²) >= 11 is 7.71. The molecule has 2 rings (SSSR count). The second kappa shape index (κ2) is 6.91. The summed E-state index contributed by atoms with van der Waals surface area (Å²) in [4.78, 5) is 5.82. The molecule has 0 amide bonds. The van der Waals surface area contributed by atoms with Crippen molar-refractivity contribution in [3.8, 4) is 0 Å². The molecule has 0 aliphatic carbocycles. The zero-order chi connectivity index (χ0) is 15.5. The van der Waals surface area contributed by atoms with Gasteiger partial charge >= 0.3 is 0 Å². The maximum Gasteiger partial charge on any atom is 0.0981 e. The van der Waals surface area contributed by atoms with Gasteiger partial charge in [0.1, 0.15) is 0 Å². The highest BCUT2D eigenvalue weighted by Crippen LogP contribution is 2.26. The molecular weight excluding hydrogens is 300 g/mol. The summed E-state index contributed by atoms with van der Waals surface area (Å²) in [7, 11) is 0. The third-order valence-corrected chi connectivity index (χ3v) is 4.95. The van der Waals surface area contributed by atoms with E-state index in [9.17, 15) is 0 Å². The summed E-state index contributed by atoms with van der Waals surface area (Å²) in [5.74, 6) is 0. The van der Waals surface area contributed by atoms with Gasteiger partial charge in [-0.3, -0.25) is 0 Å². The summed E-state index contributed by atoms with van der Waals surface area (Å²) in [6.07, 6.45) is 3.00. The van der Waals surface area contributed by atoms with Crippen LogP contribution in [0.2, 0.25) is 5.02 Å². The molecule has 1 heterocycles. The summed E-state index contributed by atoms with van der Waals surface area (Å²) in [6, 6.07) is 8.49. The first-order valence-corrected chi connectivity index (χ1v) is 8.47. The lowest BCUT2D eigenvalue weighted by molar-refractivity contribution is 0.548. The number of hydrogen-bond acceptors (Lipinski definition) is 3. The van der Waals surface area contributed by atoms with E-state index in [2.05, 4.69) is 50.1 Å². The Kier molecular flexibility index (Phi) is 5.42. The second-order valence-electron chi connectivity index (χ2n) is 6.49. The standard InChI is InChI=1S/C17H23ClN2S/c1-12(9-13-5-7-14(18)8-6-13)19-10-15-11-20-16(21-15)17(2,3)4/h5-8,11-12,19H,9-10H2,1-4H3. The van der Waals surface area contributed by atoms with Crippen LogP contribution >= 0.6 is 22.9 Å². The molecule has 1 aromatic heterocycles. The fraction of sp³-hybridized carbons (Fsp3) is 0.471. The molecule has 21 heavy (non-hydrogen) atoms. The highest BCUT2D eigenvalue weighted by molar-refractivity contribution is 7.11. The quantitative estimate of drug-likeness (QED) is 0.854. The summed E-state index contributed by atoms with van der Waals surface area (Å²) in [5, 5.41) is 5.55. The van der Waals surface area contributed by atoms with E-state index in [1.807, 2.05) is 18.3 Å². The van der Waals surface area contributed by atoms with Gasteiger partial charge in [-0.05, 0) is 31.0 Å². The lowest BCUT2D eigenvalue weighted by Crippen LogP contribution is -2.27. The van der Waals surface area contributed by atoms with E-state index in [1.54, 1.807) is 11.3 Å². The molecule has 2 nitrogen and oxygen atoms in total. The molecule has 0 aliphatic heterocycles. The van der Waals surface area contributed by atoms with Crippen LogP contribution in [0.4, 0.5) is 0 Å². The van der Waals surface area contributed by atoms with Gasteiger partial charge in [-0.1, -0.05) is 44.5 Å². The van der Waals surface area contributed by atoms with Crippen LogP contribution in [0.3, 0.4) is 0 Å². The molecule has 2 aromatic rings. The van der Waals surface area contributed by atoms with E-state index in [1.165, 1.54) is 15.4 Å². The van der Waals surface area contributed by atoms with E-state index < -0.39 is 0 Å². The molecule has 0 bridgehead atoms. The molecule has 1 atom stereocenters. The predicted molar refractivity (Wildman–Crippen MR) is 92.3 cm³/mol. The number of rotatable bonds is 5. The van der Waals surface area contributed by atoms with Crippen molar-refractivity contribution in [3.63, 3.8) is 0 Å². The molecule has 0 radical (unpaired) electrons. The Bertz CT molecular complexity index is 569. The third-order valence-electron chi connectivity index (χ3n) is 3.28. The van der Waals surface area contributed by atoms with Crippen molar-refractivity contribution in [1.29, 1.82) is 0 Å². The third kappa shape index (κ3) is 5.10. The molecule has 0 saturated heterocycles. The maximum atomic E-state index is 5.91. The molecule has 4 heteroatoms. The SMILES string of the molecule is CC(Cc1ccc(Cl)cc1)NCc1cnc(C(C)(C)C)s1. The Morgan fingerprint density at radius 1 is 1.24 bits per heavy atom. The van der Waals surface area contributed by atoms with Crippen molar-refractivity contribution >= 4 is 22.9 Å². The Balaban J connectivity index is 1.85. The maximum absolute atomic E-state index is 5.91. The summed E-state index contributed by atoms with van der Waals surface area (Å²) in [6.45, 7) is 9.69. The molecule has 0 fully saturated rings. The second-order valence-corrected chi connectivity index (χ2v) is 8.05. The van der Waals surface area contributed by atoms with Crippen LogP contribution in [0.1, 0.15) is 43.1 Å². The van der Waals surface area contributed by atoms with Gasteiger partial charge in [0.05, 0.1) is 5.01 Å². The number of thiazole rings is 1. The van der Waals surface area contributed by atoms with Crippen molar-refractivity contribution in [2.45, 2.75) is 52.1 Å². The summed E-state index contributed by atoms with van der Waals surface area (Å²) < 4.78 is 0. The summed E-state index contributed by atoms with van der Waals surface area (Å²) in [5.41, 5.74) is 1.44. The van der Waals surface area contributed by atoms with Crippen molar-refractivity contribution < 1.29 is 0 Å². The highest BCUT2D eigenvalue weighted by atomic mass is 35.5. The molecule has 1 N–H and O–H groups in total. The Labute approximate surface area is 136 Å². The average molecular weight is 323 g/mol. The Morgan fingerprint density at radius 3 is 2.48 bits per heavy atom. The number of aromatic nitrogens is 1. The van der Waals surface area contributed by atoms with Crippen LogP contribution < -0.4 is 5.32 Å². The molecule has 1 unspecified atom stereocenters. The Hall–Kier alpha value is -0.900. The topological polar surface area (TPSA) is 24.9 Å². The first kappa shape index (κ1) is 16.5. The normalized spacial score (nSPS) is 13.4. The van der Waals surface area contributed by atoms with E-state index in [0.29, 0.717) is 6.04 Å². The molecule has 0 aliphatic rings. The van der Waals surface area contributed by atoms with Gasteiger partial charge in [0.15, 0.2) is 0 Å². The van der Waals surface area contributed by atoms with Crippen LogP contribution in [0.15, 0.2) is 30.5 Å². The van der Waals surface area contributed by atoms with E-state index in [0.717, 1.165) is 18.0 Å². The molecule has 114 valence electrons. The molecule has 1 aromatic carbocycles. The van der Waals surface area contributed by atoms with Gasteiger partial charge < -0.3 is 5.32 Å². The van der Waals surface area contributed by atoms with Gasteiger partial charge in [0.25, 0.3) is 0 Å². The first-order chi connectivity index (χ1) is 9.84. The smallest absolute Gasteiger partial charge is 0.0981 e. The van der Waals surface area contributed by atoms with Crippen LogP contribution in [-0.2, 0) is 18.4 Å². The van der Waals surface area contributed by atoms with Gasteiger partial charge in [0.2, 0.25) is 0 Å². The Morgan fingerprint density at radius 2 is 1.90 bits per heavy atom. The monoisotopic (exact) mass is 322 g/mol. The highest BCUT2D eigenvalue weighted by Gasteiger charge is 2.18. The minimum atomic E-state index is 0.137. The van der Waals surface area contributed by atoms with E-state index in [-0.39, 0.29) is 5.41 Å². The number of benzene rings is 1. The van der Waals surface area contributed by atoms with Crippen LogP contribution in [0, 0.1) is 0 Å². The predicted octanol–water partition coefficient (Wildman–Crippen LogP) is 4.81. The van der Waals surface area contributed by atoms with E-state index in [4.69, 9.17) is 11.6 Å². The van der Waals surface area contributed by atoms with Crippen molar-refractivity contribution in [3.05, 3.63) is 50.9 Å². The van der Waals surface area contributed by atoms with Crippen LogP contribution in [-0.4, -0.2) is 11.0 Å².